The summed E-state index contributed by atoms with van der Waals surface area (Å²) in [5.74, 6) is 0.0320. The molecule has 4 heterocycles. The minimum atomic E-state index is 0. The number of benzene rings is 2. The van der Waals surface area contributed by atoms with Crippen LogP contribution in [0.3, 0.4) is 0 Å². The predicted octanol–water partition coefficient (Wildman–Crippen LogP) is 7.25. The highest BCUT2D eigenvalue weighted by Crippen LogP contribution is 2.45. The second kappa shape index (κ2) is 10.6. The highest BCUT2D eigenvalue weighted by atomic mass is 35.5. The first-order chi connectivity index (χ1) is 16.7. The summed E-state index contributed by atoms with van der Waals surface area (Å²) in [4.78, 5) is 22.8. The summed E-state index contributed by atoms with van der Waals surface area (Å²) in [6.45, 7) is 2.83. The molecule has 3 aromatic heterocycles. The molecule has 0 aliphatic carbocycles. The van der Waals surface area contributed by atoms with Crippen molar-refractivity contribution in [1.29, 1.82) is 0 Å². The number of rotatable bonds is 6. The standard InChI is InChI=1S/C27H23N3OS3.ClH/c31-24(15-19-9-6-14-32-19)29-27-25(26-28-21-10-4-5-11-22(21)33-26)20-12-13-30(17-23(20)34-27)16-18-7-2-1-3-8-18;/h1-11,14H,12-13,15-17H2,(H,29,31);1H. The van der Waals surface area contributed by atoms with Crippen molar-refractivity contribution in [3.8, 4) is 10.6 Å². The number of carbonyl (C=O) groups excluding carboxylic acids is 1. The maximum absolute atomic E-state index is 12.9. The van der Waals surface area contributed by atoms with Crippen LogP contribution >= 0.6 is 46.4 Å². The maximum Gasteiger partial charge on any atom is 0.230 e. The average Bonchev–Trinajstić information content (AvgIpc) is 3.57. The molecule has 8 heteroatoms. The summed E-state index contributed by atoms with van der Waals surface area (Å²) >= 11 is 5.05. The fourth-order valence-corrected chi connectivity index (χ4v) is 7.59. The Balaban J connectivity index is 0.00000253. The number of thiophene rings is 2. The van der Waals surface area contributed by atoms with Gasteiger partial charge in [-0.3, -0.25) is 9.69 Å². The van der Waals surface area contributed by atoms with Crippen LogP contribution in [0.2, 0.25) is 0 Å². The zero-order valence-corrected chi connectivity index (χ0v) is 22.2. The molecule has 6 rings (SSSR count). The first-order valence-electron chi connectivity index (χ1n) is 11.3. The van der Waals surface area contributed by atoms with Crippen molar-refractivity contribution >= 4 is 67.5 Å². The molecule has 0 bridgehead atoms. The normalized spacial score (nSPS) is 13.4. The van der Waals surface area contributed by atoms with Crippen LogP contribution in [-0.2, 0) is 30.7 Å². The van der Waals surface area contributed by atoms with E-state index in [-0.39, 0.29) is 18.3 Å². The second-order valence-electron chi connectivity index (χ2n) is 8.45. The number of carbonyl (C=O) groups is 1. The van der Waals surface area contributed by atoms with Crippen molar-refractivity contribution in [1.82, 2.24) is 9.88 Å². The van der Waals surface area contributed by atoms with E-state index >= 15 is 0 Å². The molecular weight excluding hydrogens is 514 g/mol. The first kappa shape index (κ1) is 24.2. The van der Waals surface area contributed by atoms with Gasteiger partial charge < -0.3 is 5.32 Å². The van der Waals surface area contributed by atoms with Gasteiger partial charge in [0.1, 0.15) is 10.0 Å². The molecule has 0 atom stereocenters. The summed E-state index contributed by atoms with van der Waals surface area (Å²) in [5, 5.41) is 7.20. The molecule has 1 aliphatic rings. The number of fused-ring (bicyclic) bond motifs is 2. The number of nitrogens with one attached hydrogen (secondary N) is 1. The number of thiazole rings is 1. The fraction of sp³-hybridized carbons (Fsp3) is 0.185. The Morgan fingerprint density at radius 3 is 2.63 bits per heavy atom. The number of aromatic nitrogens is 1. The number of nitrogens with zero attached hydrogens (tertiary/aromatic N) is 2. The molecule has 4 nitrogen and oxygen atoms in total. The van der Waals surface area contributed by atoms with Gasteiger partial charge in [0, 0.05) is 35.0 Å². The van der Waals surface area contributed by atoms with Gasteiger partial charge in [-0.2, -0.15) is 0 Å². The van der Waals surface area contributed by atoms with Gasteiger partial charge in [0.2, 0.25) is 5.91 Å². The third-order valence-electron chi connectivity index (χ3n) is 6.06. The Morgan fingerprint density at radius 1 is 1.00 bits per heavy atom. The van der Waals surface area contributed by atoms with Gasteiger partial charge in [-0.05, 0) is 41.1 Å². The molecule has 0 fully saturated rings. The number of anilines is 1. The molecule has 2 aromatic carbocycles. The van der Waals surface area contributed by atoms with Crippen molar-refractivity contribution in [2.45, 2.75) is 25.9 Å². The number of hydrogen-bond donors (Lipinski definition) is 1. The molecule has 0 saturated carbocycles. The van der Waals surface area contributed by atoms with E-state index < -0.39 is 0 Å². The molecule has 1 N–H and O–H groups in total. The van der Waals surface area contributed by atoms with Crippen molar-refractivity contribution < 1.29 is 4.79 Å². The summed E-state index contributed by atoms with van der Waals surface area (Å²) in [5.41, 5.74) is 4.82. The predicted molar refractivity (Wildman–Crippen MR) is 151 cm³/mol. The Hall–Kier alpha value is -2.55. The monoisotopic (exact) mass is 537 g/mol. The Bertz CT molecular complexity index is 1410. The Morgan fingerprint density at radius 2 is 1.83 bits per heavy atom. The quantitative estimate of drug-likeness (QED) is 0.248. The highest BCUT2D eigenvalue weighted by molar-refractivity contribution is 7.23. The zero-order valence-electron chi connectivity index (χ0n) is 18.9. The largest absolute Gasteiger partial charge is 0.317 e. The third kappa shape index (κ3) is 5.20. The number of halogens is 1. The second-order valence-corrected chi connectivity index (χ2v) is 11.6. The number of amides is 1. The van der Waals surface area contributed by atoms with Crippen LogP contribution in [0.1, 0.15) is 20.9 Å². The molecule has 178 valence electrons. The van der Waals surface area contributed by atoms with Gasteiger partial charge in [-0.15, -0.1) is 46.4 Å². The molecule has 0 spiro atoms. The summed E-state index contributed by atoms with van der Waals surface area (Å²) in [6.07, 6.45) is 1.37. The number of hydrogen-bond acceptors (Lipinski definition) is 6. The Kier molecular flexibility index (Phi) is 7.32. The summed E-state index contributed by atoms with van der Waals surface area (Å²) < 4.78 is 1.18. The molecule has 35 heavy (non-hydrogen) atoms. The first-order valence-corrected chi connectivity index (χ1v) is 13.8. The highest BCUT2D eigenvalue weighted by Gasteiger charge is 2.28. The van der Waals surface area contributed by atoms with Gasteiger partial charge in [0.25, 0.3) is 0 Å². The van der Waals surface area contributed by atoms with Crippen LogP contribution in [0.4, 0.5) is 5.00 Å². The van der Waals surface area contributed by atoms with Crippen LogP contribution in [0.25, 0.3) is 20.8 Å². The summed E-state index contributed by atoms with van der Waals surface area (Å²) in [6, 6.07) is 22.9. The van der Waals surface area contributed by atoms with E-state index in [1.807, 2.05) is 23.6 Å². The van der Waals surface area contributed by atoms with Crippen molar-refractivity contribution in [2.75, 3.05) is 11.9 Å². The molecule has 0 saturated heterocycles. The van der Waals surface area contributed by atoms with Crippen LogP contribution in [0.5, 0.6) is 0 Å². The van der Waals surface area contributed by atoms with E-state index in [1.165, 1.54) is 20.7 Å². The SMILES string of the molecule is Cl.O=C(Cc1cccs1)Nc1sc2c(c1-c1nc3ccccc3s1)CCN(Cc1ccccc1)C2. The molecule has 1 aliphatic heterocycles. The van der Waals surface area contributed by atoms with E-state index in [9.17, 15) is 4.79 Å². The lowest BCUT2D eigenvalue weighted by Crippen LogP contribution is -2.29. The van der Waals surface area contributed by atoms with Gasteiger partial charge in [0.15, 0.2) is 0 Å². The van der Waals surface area contributed by atoms with Crippen molar-refractivity contribution in [3.63, 3.8) is 0 Å². The lowest BCUT2D eigenvalue weighted by atomic mass is 10.0. The summed E-state index contributed by atoms with van der Waals surface area (Å²) in [7, 11) is 0. The van der Waals surface area contributed by atoms with Gasteiger partial charge in [0.05, 0.1) is 16.6 Å². The van der Waals surface area contributed by atoms with Crippen molar-refractivity contribution in [2.24, 2.45) is 0 Å². The van der Waals surface area contributed by atoms with Crippen LogP contribution in [-0.4, -0.2) is 22.3 Å². The molecule has 0 radical (unpaired) electrons. The lowest BCUT2D eigenvalue weighted by molar-refractivity contribution is -0.115. The van der Waals surface area contributed by atoms with Crippen LogP contribution in [0.15, 0.2) is 72.1 Å². The number of para-hydroxylation sites is 1. The third-order valence-corrected chi connectivity index (χ3v) is 9.12. The molecular formula is C27H24ClN3OS3. The van der Waals surface area contributed by atoms with E-state index in [1.54, 1.807) is 34.0 Å². The average molecular weight is 538 g/mol. The Labute approximate surface area is 222 Å². The topological polar surface area (TPSA) is 45.2 Å². The van der Waals surface area contributed by atoms with E-state index in [2.05, 4.69) is 58.7 Å². The zero-order chi connectivity index (χ0) is 22.9. The van der Waals surface area contributed by atoms with E-state index in [4.69, 9.17) is 4.98 Å². The molecule has 0 unspecified atom stereocenters. The van der Waals surface area contributed by atoms with E-state index in [0.717, 1.165) is 52.0 Å². The van der Waals surface area contributed by atoms with Crippen molar-refractivity contribution in [3.05, 3.63) is 93.0 Å². The smallest absolute Gasteiger partial charge is 0.230 e. The van der Waals surface area contributed by atoms with E-state index in [0.29, 0.717) is 6.42 Å². The van der Waals surface area contributed by atoms with Gasteiger partial charge >= 0.3 is 0 Å². The maximum atomic E-state index is 12.9. The molecule has 1 amide bonds. The lowest BCUT2D eigenvalue weighted by Gasteiger charge is -2.27. The minimum absolute atomic E-state index is 0. The van der Waals surface area contributed by atoms with Gasteiger partial charge in [-0.1, -0.05) is 48.5 Å². The van der Waals surface area contributed by atoms with Crippen LogP contribution in [0, 0.1) is 0 Å². The molecule has 5 aromatic rings. The fourth-order valence-electron chi connectivity index (χ4n) is 4.47. The minimum Gasteiger partial charge on any atom is -0.317 e. The van der Waals surface area contributed by atoms with Crippen LogP contribution < -0.4 is 5.32 Å². The van der Waals surface area contributed by atoms with Gasteiger partial charge in [-0.25, -0.2) is 4.98 Å².